The molecule has 1 amide bonds. The summed E-state index contributed by atoms with van der Waals surface area (Å²) >= 11 is 0. The molecular formula is C23H28N4O. The Labute approximate surface area is 166 Å². The lowest BCUT2D eigenvalue weighted by Gasteiger charge is -2.31. The van der Waals surface area contributed by atoms with Crippen LogP contribution in [0.4, 0.5) is 5.69 Å². The number of carbonyl (C=O) groups excluding carboxylic acids is 1. The average Bonchev–Trinajstić information content (AvgIpc) is 2.98. The summed E-state index contributed by atoms with van der Waals surface area (Å²) in [5, 5.41) is 7.49. The van der Waals surface area contributed by atoms with Crippen molar-refractivity contribution in [3.8, 4) is 0 Å². The predicted octanol–water partition coefficient (Wildman–Crippen LogP) is 4.75. The van der Waals surface area contributed by atoms with E-state index in [-0.39, 0.29) is 5.91 Å². The molecule has 2 aromatic rings. The van der Waals surface area contributed by atoms with Crippen LogP contribution in [0, 0.1) is 6.92 Å². The van der Waals surface area contributed by atoms with Crippen molar-refractivity contribution in [1.82, 2.24) is 15.1 Å². The number of hydrogen-bond donors (Lipinski definition) is 1. The highest BCUT2D eigenvalue weighted by molar-refractivity contribution is 6.11. The first-order valence-corrected chi connectivity index (χ1v) is 10.3. The van der Waals surface area contributed by atoms with E-state index in [1.54, 1.807) is 0 Å². The van der Waals surface area contributed by atoms with Gasteiger partial charge in [-0.2, -0.15) is 5.10 Å². The van der Waals surface area contributed by atoms with Gasteiger partial charge in [0.05, 0.1) is 17.1 Å². The van der Waals surface area contributed by atoms with Crippen molar-refractivity contribution in [2.24, 2.45) is 4.99 Å². The Balaban J connectivity index is 1.54. The highest BCUT2D eigenvalue weighted by atomic mass is 16.2. The molecule has 1 N–H and O–H groups in total. The molecule has 0 unspecified atom stereocenters. The fraction of sp³-hybridized carbons (Fsp3) is 0.435. The summed E-state index contributed by atoms with van der Waals surface area (Å²) in [6.45, 7) is 2.03. The minimum absolute atomic E-state index is 0.105. The zero-order chi connectivity index (χ0) is 19.5. The van der Waals surface area contributed by atoms with Gasteiger partial charge >= 0.3 is 0 Å². The predicted molar refractivity (Wildman–Crippen MR) is 112 cm³/mol. The van der Waals surface area contributed by atoms with Gasteiger partial charge in [0.15, 0.2) is 0 Å². The molecule has 0 radical (unpaired) electrons. The van der Waals surface area contributed by atoms with Gasteiger partial charge in [-0.3, -0.25) is 9.89 Å². The van der Waals surface area contributed by atoms with Gasteiger partial charge in [-0.1, -0.05) is 25.3 Å². The lowest BCUT2D eigenvalue weighted by Crippen LogP contribution is -2.38. The van der Waals surface area contributed by atoms with E-state index in [1.165, 1.54) is 19.3 Å². The van der Waals surface area contributed by atoms with Crippen LogP contribution in [-0.2, 0) is 6.42 Å². The number of hydrogen-bond acceptors (Lipinski definition) is 3. The van der Waals surface area contributed by atoms with Crippen LogP contribution in [0.3, 0.4) is 0 Å². The van der Waals surface area contributed by atoms with E-state index in [0.717, 1.165) is 59.6 Å². The van der Waals surface area contributed by atoms with Crippen LogP contribution < -0.4 is 0 Å². The molecule has 0 saturated heterocycles. The molecule has 0 bridgehead atoms. The third kappa shape index (κ3) is 3.79. The Bertz CT molecular complexity index is 901. The van der Waals surface area contributed by atoms with Crippen LogP contribution in [0.1, 0.15) is 65.8 Å². The van der Waals surface area contributed by atoms with E-state index in [2.05, 4.69) is 22.3 Å². The maximum Gasteiger partial charge on any atom is 0.253 e. The van der Waals surface area contributed by atoms with Crippen molar-refractivity contribution < 1.29 is 4.79 Å². The molecule has 5 nitrogen and oxygen atoms in total. The number of amides is 1. The van der Waals surface area contributed by atoms with Crippen molar-refractivity contribution in [2.45, 2.75) is 57.9 Å². The largest absolute Gasteiger partial charge is 0.339 e. The Morgan fingerprint density at radius 3 is 2.68 bits per heavy atom. The molecular weight excluding hydrogens is 348 g/mol. The van der Waals surface area contributed by atoms with Crippen LogP contribution >= 0.6 is 0 Å². The number of carbonyl (C=O) groups is 1. The standard InChI is InChI=1S/C23H28N4O/c1-16-22-20(10-6-7-11-21(22)26-25-16)24-18-14-12-17(13-15-18)23(28)27(2)19-8-4-3-5-9-19/h6,10,12-15,19H,3-5,7-9,11H2,1-2H3,(H,25,26). The third-order valence-electron chi connectivity index (χ3n) is 5.91. The zero-order valence-corrected chi connectivity index (χ0v) is 16.7. The van der Waals surface area contributed by atoms with Gasteiger partial charge in [0, 0.05) is 29.9 Å². The van der Waals surface area contributed by atoms with Crippen molar-refractivity contribution >= 4 is 17.3 Å². The lowest BCUT2D eigenvalue weighted by atomic mass is 9.94. The summed E-state index contributed by atoms with van der Waals surface area (Å²) in [5.74, 6) is 0.105. The first kappa shape index (κ1) is 18.7. The molecule has 5 heteroatoms. The van der Waals surface area contributed by atoms with Gasteiger partial charge in [-0.25, -0.2) is 4.99 Å². The number of allylic oxidation sites excluding steroid dienone is 2. The fourth-order valence-electron chi connectivity index (χ4n) is 4.25. The number of benzene rings is 1. The number of aromatic nitrogens is 2. The number of rotatable bonds is 3. The Morgan fingerprint density at radius 1 is 1.18 bits per heavy atom. The van der Waals surface area contributed by atoms with E-state index < -0.39 is 0 Å². The van der Waals surface area contributed by atoms with Gasteiger partial charge in [0.1, 0.15) is 0 Å². The molecule has 1 heterocycles. The third-order valence-corrected chi connectivity index (χ3v) is 5.91. The second-order valence-corrected chi connectivity index (χ2v) is 7.86. The van der Waals surface area contributed by atoms with Crippen LogP contribution in [0.2, 0.25) is 0 Å². The van der Waals surface area contributed by atoms with E-state index in [4.69, 9.17) is 4.99 Å². The van der Waals surface area contributed by atoms with E-state index >= 15 is 0 Å². The van der Waals surface area contributed by atoms with Gasteiger partial charge in [-0.05, 0) is 62.9 Å². The molecule has 0 atom stereocenters. The number of fused-ring (bicyclic) bond motifs is 1. The van der Waals surface area contributed by atoms with Gasteiger partial charge in [0.25, 0.3) is 5.91 Å². The van der Waals surface area contributed by atoms with Gasteiger partial charge in [0.2, 0.25) is 0 Å². The topological polar surface area (TPSA) is 61.4 Å². The number of aryl methyl sites for hydroxylation is 2. The van der Waals surface area contributed by atoms with Gasteiger partial charge < -0.3 is 4.90 Å². The summed E-state index contributed by atoms with van der Waals surface area (Å²) in [4.78, 5) is 19.6. The summed E-state index contributed by atoms with van der Waals surface area (Å²) in [7, 11) is 1.94. The van der Waals surface area contributed by atoms with E-state index in [9.17, 15) is 4.79 Å². The van der Waals surface area contributed by atoms with Crippen LogP contribution in [0.15, 0.2) is 41.4 Å². The summed E-state index contributed by atoms with van der Waals surface area (Å²) in [5.41, 5.74) is 5.73. The maximum atomic E-state index is 12.8. The molecule has 1 fully saturated rings. The highest BCUT2D eigenvalue weighted by Gasteiger charge is 2.23. The number of H-pyrrole nitrogens is 1. The molecule has 0 spiro atoms. The second-order valence-electron chi connectivity index (χ2n) is 7.86. The maximum absolute atomic E-state index is 12.8. The molecule has 0 aliphatic heterocycles. The fourth-order valence-corrected chi connectivity index (χ4v) is 4.25. The first-order valence-electron chi connectivity index (χ1n) is 10.3. The molecule has 1 aromatic carbocycles. The monoisotopic (exact) mass is 376 g/mol. The zero-order valence-electron chi connectivity index (χ0n) is 16.7. The molecule has 1 aromatic heterocycles. The Hall–Kier alpha value is -2.69. The minimum atomic E-state index is 0.105. The molecule has 2 aliphatic carbocycles. The van der Waals surface area contributed by atoms with E-state index in [1.807, 2.05) is 43.1 Å². The Kier molecular flexibility index (Phi) is 5.42. The number of nitrogens with zero attached hydrogens (tertiary/aromatic N) is 3. The second kappa shape index (κ2) is 8.13. The normalized spacial score (nSPS) is 18.7. The number of aromatic amines is 1. The van der Waals surface area contributed by atoms with Crippen molar-refractivity contribution in [2.75, 3.05) is 7.05 Å². The van der Waals surface area contributed by atoms with Crippen LogP contribution in [0.5, 0.6) is 0 Å². The van der Waals surface area contributed by atoms with Crippen molar-refractivity contribution in [3.63, 3.8) is 0 Å². The Morgan fingerprint density at radius 2 is 1.93 bits per heavy atom. The van der Waals surface area contributed by atoms with Crippen molar-refractivity contribution in [3.05, 3.63) is 58.9 Å². The minimum Gasteiger partial charge on any atom is -0.339 e. The SMILES string of the molecule is Cc1[nH]nc2c1C(=Nc1ccc(C(=O)N(C)C3CCCCC3)cc1)C=CCC2. The molecule has 146 valence electrons. The van der Waals surface area contributed by atoms with Gasteiger partial charge in [-0.15, -0.1) is 0 Å². The van der Waals surface area contributed by atoms with Crippen molar-refractivity contribution in [1.29, 1.82) is 0 Å². The molecule has 28 heavy (non-hydrogen) atoms. The first-order chi connectivity index (χ1) is 13.6. The van der Waals surface area contributed by atoms with E-state index in [0.29, 0.717) is 6.04 Å². The number of nitrogens with one attached hydrogen (secondary N) is 1. The lowest BCUT2D eigenvalue weighted by molar-refractivity contribution is 0.0696. The summed E-state index contributed by atoms with van der Waals surface area (Å²) in [6, 6.07) is 8.03. The molecule has 4 rings (SSSR count). The van der Waals surface area contributed by atoms with Crippen LogP contribution in [-0.4, -0.2) is 39.8 Å². The number of aliphatic imine (C=N–C) groups is 1. The van der Waals surface area contributed by atoms with Crippen LogP contribution in [0.25, 0.3) is 0 Å². The smallest absolute Gasteiger partial charge is 0.253 e. The quantitative estimate of drug-likeness (QED) is 0.840. The highest BCUT2D eigenvalue weighted by Crippen LogP contribution is 2.25. The summed E-state index contributed by atoms with van der Waals surface area (Å²) < 4.78 is 0. The summed E-state index contributed by atoms with van der Waals surface area (Å²) in [6.07, 6.45) is 12.1. The molecule has 2 aliphatic rings. The average molecular weight is 377 g/mol. The molecule has 1 saturated carbocycles.